The first kappa shape index (κ1) is 27.0. The second kappa shape index (κ2) is 11.2. The van der Waals surface area contributed by atoms with Crippen LogP contribution in [0.5, 0.6) is 11.5 Å². The predicted molar refractivity (Wildman–Crippen MR) is 133 cm³/mol. The van der Waals surface area contributed by atoms with Gasteiger partial charge < -0.3 is 18.9 Å². The van der Waals surface area contributed by atoms with Gasteiger partial charge >= 0.3 is 0 Å². The summed E-state index contributed by atoms with van der Waals surface area (Å²) >= 11 is 6.30. The quantitative estimate of drug-likeness (QED) is 0.273. The van der Waals surface area contributed by atoms with E-state index in [2.05, 4.69) is 10.2 Å². The van der Waals surface area contributed by atoms with E-state index in [-0.39, 0.29) is 29.1 Å². The van der Waals surface area contributed by atoms with Crippen LogP contribution in [0.25, 0.3) is 5.69 Å². The van der Waals surface area contributed by atoms with Gasteiger partial charge in [-0.15, -0.1) is 10.2 Å². The lowest BCUT2D eigenvalue weighted by molar-refractivity contribution is -0.0674. The maximum absolute atomic E-state index is 13.8. The van der Waals surface area contributed by atoms with Gasteiger partial charge in [0.1, 0.15) is 11.9 Å². The first-order valence-electron chi connectivity index (χ1n) is 11.2. The Hall–Kier alpha value is -3.03. The fourth-order valence-corrected chi connectivity index (χ4v) is 4.86. The molecule has 1 unspecified atom stereocenters. The van der Waals surface area contributed by atoms with Gasteiger partial charge in [0.2, 0.25) is 0 Å². The number of halogens is 1. The third-order valence-corrected chi connectivity index (χ3v) is 6.43. The molecule has 0 saturated carbocycles. The summed E-state index contributed by atoms with van der Waals surface area (Å²) in [6.07, 6.45) is -0.823. The number of methoxy groups -OCH3 is 2. The number of carbonyl (C=O) groups is 1. The van der Waals surface area contributed by atoms with Gasteiger partial charge in [-0.3, -0.25) is 13.5 Å². The number of para-hydroxylation sites is 1. The SMILES string of the molecule is COc1cccc(C(=O)c2cc(Cl)ccc2-n2c(C)nnc2C(CC2OCCO2)OS(C)(=O)=O)c1OC. The fraction of sp³-hybridized carbons (Fsp3) is 0.375. The Morgan fingerprint density at radius 2 is 1.86 bits per heavy atom. The Balaban J connectivity index is 1.86. The minimum absolute atomic E-state index is 0.0335. The van der Waals surface area contributed by atoms with Crippen molar-refractivity contribution in [2.24, 2.45) is 0 Å². The van der Waals surface area contributed by atoms with E-state index in [9.17, 15) is 13.2 Å². The average Bonchev–Trinajstić information content (AvgIpc) is 3.51. The maximum atomic E-state index is 13.8. The van der Waals surface area contributed by atoms with Crippen molar-refractivity contribution < 1.29 is 36.3 Å². The lowest BCUT2D eigenvalue weighted by Crippen LogP contribution is -2.22. The molecule has 0 aliphatic carbocycles. The Kier molecular flexibility index (Phi) is 8.14. The topological polar surface area (TPSA) is 128 Å². The van der Waals surface area contributed by atoms with Crippen LogP contribution in [0, 0.1) is 6.92 Å². The van der Waals surface area contributed by atoms with Crippen LogP contribution in [-0.2, 0) is 23.8 Å². The van der Waals surface area contributed by atoms with Gasteiger partial charge in [-0.25, -0.2) is 0 Å². The van der Waals surface area contributed by atoms with Crippen molar-refractivity contribution in [1.82, 2.24) is 14.8 Å². The highest BCUT2D eigenvalue weighted by Crippen LogP contribution is 2.35. The highest BCUT2D eigenvalue weighted by atomic mass is 35.5. The van der Waals surface area contributed by atoms with Gasteiger partial charge in [0, 0.05) is 17.0 Å². The van der Waals surface area contributed by atoms with E-state index in [1.807, 2.05) is 0 Å². The monoisotopic (exact) mass is 551 g/mol. The van der Waals surface area contributed by atoms with Gasteiger partial charge in [-0.2, -0.15) is 8.42 Å². The standard InChI is InChI=1S/C24H26ClN3O8S/c1-14-26-27-24(20(36-37(4,30)31)13-21-34-10-11-35-21)28(14)18-9-8-15(25)12-17(18)22(29)16-6-5-7-19(32-2)23(16)33-3/h5-9,12,20-21H,10-11,13H2,1-4H3. The number of hydrogen-bond acceptors (Lipinski definition) is 10. The fourth-order valence-electron chi connectivity index (χ4n) is 4.10. The van der Waals surface area contributed by atoms with E-state index < -0.39 is 28.3 Å². The Bertz CT molecular complexity index is 1400. The van der Waals surface area contributed by atoms with Gasteiger partial charge in [0.05, 0.1) is 44.9 Å². The summed E-state index contributed by atoms with van der Waals surface area (Å²) in [6.45, 7) is 2.42. The summed E-state index contributed by atoms with van der Waals surface area (Å²) in [5.74, 6) is 0.775. The third-order valence-electron chi connectivity index (χ3n) is 5.62. The van der Waals surface area contributed by atoms with E-state index in [1.165, 1.54) is 20.3 Å². The van der Waals surface area contributed by atoms with Crippen LogP contribution in [0.1, 0.15) is 40.1 Å². The van der Waals surface area contributed by atoms with Crippen molar-refractivity contribution in [1.29, 1.82) is 0 Å². The maximum Gasteiger partial charge on any atom is 0.265 e. The molecule has 0 amide bonds. The zero-order chi connectivity index (χ0) is 26.7. The van der Waals surface area contributed by atoms with Crippen molar-refractivity contribution in [3.63, 3.8) is 0 Å². The molecule has 4 rings (SSSR count). The number of ether oxygens (including phenoxy) is 4. The van der Waals surface area contributed by atoms with Crippen LogP contribution in [0.4, 0.5) is 0 Å². The summed E-state index contributed by atoms with van der Waals surface area (Å²) < 4.78 is 53.0. The van der Waals surface area contributed by atoms with Crippen LogP contribution in [0.3, 0.4) is 0 Å². The summed E-state index contributed by atoms with van der Waals surface area (Å²) in [5, 5.41) is 8.66. The van der Waals surface area contributed by atoms with Crippen LogP contribution in [-0.4, -0.2) is 68.9 Å². The van der Waals surface area contributed by atoms with E-state index in [1.54, 1.807) is 41.8 Å². The molecule has 1 aliphatic rings. The molecule has 0 bridgehead atoms. The molecule has 3 aromatic rings. The molecule has 37 heavy (non-hydrogen) atoms. The van der Waals surface area contributed by atoms with E-state index in [4.69, 9.17) is 34.7 Å². The molecule has 0 radical (unpaired) electrons. The molecule has 1 aromatic heterocycles. The number of aryl methyl sites for hydroxylation is 1. The largest absolute Gasteiger partial charge is 0.493 e. The zero-order valence-electron chi connectivity index (χ0n) is 20.6. The van der Waals surface area contributed by atoms with Crippen molar-refractivity contribution in [2.45, 2.75) is 25.7 Å². The lowest BCUT2D eigenvalue weighted by atomic mass is 9.99. The molecule has 2 heterocycles. The minimum Gasteiger partial charge on any atom is -0.493 e. The second-order valence-corrected chi connectivity index (χ2v) is 10.2. The molecule has 1 aliphatic heterocycles. The summed E-state index contributed by atoms with van der Waals surface area (Å²) in [5.41, 5.74) is 0.816. The molecule has 1 atom stereocenters. The highest BCUT2D eigenvalue weighted by molar-refractivity contribution is 7.86. The van der Waals surface area contributed by atoms with Gasteiger partial charge in [-0.05, 0) is 37.3 Å². The van der Waals surface area contributed by atoms with Gasteiger partial charge in [0.15, 0.2) is 29.4 Å². The van der Waals surface area contributed by atoms with E-state index in [0.29, 0.717) is 35.5 Å². The number of aromatic nitrogens is 3. The lowest BCUT2D eigenvalue weighted by Gasteiger charge is -2.21. The first-order valence-corrected chi connectivity index (χ1v) is 13.4. The van der Waals surface area contributed by atoms with Crippen molar-refractivity contribution in [3.8, 4) is 17.2 Å². The van der Waals surface area contributed by atoms with Crippen LogP contribution < -0.4 is 9.47 Å². The van der Waals surface area contributed by atoms with Crippen molar-refractivity contribution >= 4 is 27.5 Å². The molecule has 0 spiro atoms. The number of rotatable bonds is 10. The summed E-state index contributed by atoms with van der Waals surface area (Å²) in [6, 6.07) is 9.70. The molecular formula is C24H26ClN3O8S. The Morgan fingerprint density at radius 1 is 1.14 bits per heavy atom. The number of carbonyl (C=O) groups excluding carboxylic acids is 1. The number of nitrogens with zero attached hydrogens (tertiary/aromatic N) is 3. The first-order chi connectivity index (χ1) is 17.6. The van der Waals surface area contributed by atoms with Crippen LogP contribution >= 0.6 is 11.6 Å². The summed E-state index contributed by atoms with van der Waals surface area (Å²) in [4.78, 5) is 13.8. The van der Waals surface area contributed by atoms with E-state index in [0.717, 1.165) is 6.26 Å². The van der Waals surface area contributed by atoms with Crippen LogP contribution in [0.2, 0.25) is 5.02 Å². The van der Waals surface area contributed by atoms with Crippen molar-refractivity contribution in [2.75, 3.05) is 33.7 Å². The molecule has 11 nitrogen and oxygen atoms in total. The normalized spacial score (nSPS) is 15.1. The Morgan fingerprint density at radius 3 is 2.51 bits per heavy atom. The highest BCUT2D eigenvalue weighted by Gasteiger charge is 2.32. The Labute approximate surface area is 219 Å². The molecule has 1 saturated heterocycles. The average molecular weight is 552 g/mol. The van der Waals surface area contributed by atoms with E-state index >= 15 is 0 Å². The number of hydrogen-bond donors (Lipinski definition) is 0. The van der Waals surface area contributed by atoms with Crippen LogP contribution in [0.15, 0.2) is 36.4 Å². The predicted octanol–water partition coefficient (Wildman–Crippen LogP) is 3.26. The smallest absolute Gasteiger partial charge is 0.265 e. The third kappa shape index (κ3) is 5.94. The molecule has 198 valence electrons. The number of ketones is 1. The molecular weight excluding hydrogens is 526 g/mol. The molecule has 0 N–H and O–H groups in total. The second-order valence-electron chi connectivity index (χ2n) is 8.17. The zero-order valence-corrected chi connectivity index (χ0v) is 22.2. The van der Waals surface area contributed by atoms with Gasteiger partial charge in [-0.1, -0.05) is 17.7 Å². The molecule has 2 aromatic carbocycles. The minimum atomic E-state index is -3.91. The van der Waals surface area contributed by atoms with Crippen molar-refractivity contribution in [3.05, 3.63) is 64.2 Å². The summed E-state index contributed by atoms with van der Waals surface area (Å²) in [7, 11) is -0.990. The molecule has 1 fully saturated rings. The number of benzene rings is 2. The van der Waals surface area contributed by atoms with Gasteiger partial charge in [0.25, 0.3) is 10.1 Å². The molecule has 13 heteroatoms.